The first-order valence-corrected chi connectivity index (χ1v) is 25.5. The van der Waals surface area contributed by atoms with Crippen molar-refractivity contribution >= 4 is 44.6 Å². The molecule has 5 nitrogen and oxygen atoms in total. The Morgan fingerprint density at radius 2 is 1.01 bits per heavy atom. The molecule has 2 aromatic heterocycles. The van der Waals surface area contributed by atoms with Crippen molar-refractivity contribution in [1.82, 2.24) is 9.55 Å². The molecule has 11 aromatic rings. The molecule has 0 fully saturated rings. The van der Waals surface area contributed by atoms with Crippen molar-refractivity contribution in [3.05, 3.63) is 248 Å². The van der Waals surface area contributed by atoms with Gasteiger partial charge in [-0.3, -0.25) is 0 Å². The molecule has 12 rings (SSSR count). The smallest absolute Gasteiger partial charge is 0.135 e. The van der Waals surface area contributed by atoms with Crippen LogP contribution in [0.4, 0.5) is 22.7 Å². The zero-order chi connectivity index (χ0) is 50.7. The average Bonchev–Trinajstić information content (AvgIpc) is 3.97. The fourth-order valence-corrected chi connectivity index (χ4v) is 10.5. The van der Waals surface area contributed by atoms with Gasteiger partial charge in [0.05, 0.1) is 0 Å². The van der Waals surface area contributed by atoms with Crippen molar-refractivity contribution in [2.45, 2.75) is 59.3 Å². The van der Waals surface area contributed by atoms with Gasteiger partial charge < -0.3 is 19.1 Å². The van der Waals surface area contributed by atoms with Gasteiger partial charge in [-0.25, -0.2) is 4.98 Å². The van der Waals surface area contributed by atoms with Gasteiger partial charge in [-0.2, -0.15) is 6.07 Å². The van der Waals surface area contributed by atoms with E-state index < -0.39 is 0 Å². The molecule has 0 unspecified atom stereocenters. The number of rotatable bonds is 9. The molecular weight excluding hydrogens is 1100 g/mol. The van der Waals surface area contributed by atoms with E-state index in [2.05, 4.69) is 276 Å². The monoisotopic (exact) mass is 1150 g/mol. The molecule has 1 aliphatic heterocycles. The second kappa shape index (κ2) is 19.7. The SMILES string of the molecule is Cc1cc(-n2c3[c-]c(Oc4[c-]c(N5[CH-]N(c6c(-c7ccccc7)cccc6-c6ccccc6)c6ccccc65)ccc4)cc(-c4ccc(C(C)(C)C)cc4)c3c3ccccc32)ncc1-c1ccc(C(C)(C)C)cc1.[Pt]. The Hall–Kier alpha value is -7.98. The molecule has 0 saturated heterocycles. The third kappa shape index (κ3) is 9.25. The number of aromatic nitrogens is 2. The summed E-state index contributed by atoms with van der Waals surface area (Å²) in [6.07, 6.45) is 2.02. The molecule has 0 aliphatic carbocycles. The van der Waals surface area contributed by atoms with Crippen LogP contribution in [0.25, 0.3) is 72.1 Å². The number of para-hydroxylation sites is 4. The standard InChI is InChI=1S/C69H57N4O.Pt/c1-46-40-65(70-44-60(46)50-34-38-52(39-35-50)69(5,6)7)73-61-29-15-14-26-58(61)66-59(49-32-36-51(37-33-49)68(2,3)4)42-55(43-64(66)73)74-54-25-18-24-53(41-54)71-45-72(63-31-17-16-30-62(63)71)67-56(47-20-10-8-11-21-47)27-19-28-57(67)48-22-12-9-13-23-48;/h8-40,42,44-45H,1-7H3;/q-3;. The van der Waals surface area contributed by atoms with Crippen molar-refractivity contribution in [3.8, 4) is 61.8 Å². The summed E-state index contributed by atoms with van der Waals surface area (Å²) in [7, 11) is 0. The van der Waals surface area contributed by atoms with Gasteiger partial charge in [-0.05, 0) is 86.3 Å². The third-order valence-electron chi connectivity index (χ3n) is 14.4. The van der Waals surface area contributed by atoms with Crippen LogP contribution in [0.3, 0.4) is 0 Å². The van der Waals surface area contributed by atoms with Crippen LogP contribution in [0.5, 0.6) is 11.5 Å². The molecule has 0 saturated carbocycles. The molecule has 9 aromatic carbocycles. The topological polar surface area (TPSA) is 33.5 Å². The summed E-state index contributed by atoms with van der Waals surface area (Å²) >= 11 is 0. The summed E-state index contributed by atoms with van der Waals surface area (Å²) in [5.41, 5.74) is 18.7. The summed E-state index contributed by atoms with van der Waals surface area (Å²) in [5, 5.41) is 2.21. The minimum absolute atomic E-state index is 0. The number of hydrogen-bond donors (Lipinski definition) is 0. The average molecular weight is 1150 g/mol. The van der Waals surface area contributed by atoms with E-state index in [1.54, 1.807) is 0 Å². The number of benzene rings is 9. The van der Waals surface area contributed by atoms with Gasteiger partial charge in [0.15, 0.2) is 0 Å². The van der Waals surface area contributed by atoms with Crippen molar-refractivity contribution in [3.63, 3.8) is 0 Å². The third-order valence-corrected chi connectivity index (χ3v) is 14.4. The van der Waals surface area contributed by atoms with Gasteiger partial charge in [0, 0.05) is 78.0 Å². The predicted molar refractivity (Wildman–Crippen MR) is 308 cm³/mol. The number of fused-ring (bicyclic) bond motifs is 4. The zero-order valence-electron chi connectivity index (χ0n) is 43.3. The first kappa shape index (κ1) is 49.2. The Labute approximate surface area is 456 Å². The predicted octanol–water partition coefficient (Wildman–Crippen LogP) is 18.5. The molecule has 0 bridgehead atoms. The van der Waals surface area contributed by atoms with Crippen LogP contribution < -0.4 is 14.5 Å². The molecule has 372 valence electrons. The molecule has 0 atom stereocenters. The second-order valence-electron chi connectivity index (χ2n) is 21.4. The van der Waals surface area contributed by atoms with Crippen LogP contribution in [-0.4, -0.2) is 9.55 Å². The zero-order valence-corrected chi connectivity index (χ0v) is 45.6. The summed E-state index contributed by atoms with van der Waals surface area (Å²) in [6.45, 7) is 17.9. The first-order chi connectivity index (χ1) is 35.9. The maximum absolute atomic E-state index is 7.00. The molecular formula is C69H57N4OPt-3. The van der Waals surface area contributed by atoms with Gasteiger partial charge >= 0.3 is 0 Å². The van der Waals surface area contributed by atoms with Crippen molar-refractivity contribution in [1.29, 1.82) is 0 Å². The van der Waals surface area contributed by atoms with Crippen LogP contribution >= 0.6 is 0 Å². The van der Waals surface area contributed by atoms with Gasteiger partial charge in [0.25, 0.3) is 0 Å². The van der Waals surface area contributed by atoms with Crippen LogP contribution in [0.15, 0.2) is 212 Å². The second-order valence-corrected chi connectivity index (χ2v) is 21.4. The summed E-state index contributed by atoms with van der Waals surface area (Å²) in [6, 6.07) is 80.9. The maximum Gasteiger partial charge on any atom is 0.135 e. The molecule has 75 heavy (non-hydrogen) atoms. The summed E-state index contributed by atoms with van der Waals surface area (Å²) < 4.78 is 9.24. The maximum atomic E-state index is 7.00. The quantitative estimate of drug-likeness (QED) is 0.135. The van der Waals surface area contributed by atoms with E-state index in [4.69, 9.17) is 9.72 Å². The molecule has 0 spiro atoms. The molecule has 0 amide bonds. The molecule has 0 radical (unpaired) electrons. The number of hydrogen-bond acceptors (Lipinski definition) is 4. The van der Waals surface area contributed by atoms with Crippen LogP contribution in [0.2, 0.25) is 0 Å². The minimum atomic E-state index is 0. The Kier molecular flexibility index (Phi) is 12.9. The Bertz CT molecular complexity index is 3810. The number of anilines is 4. The number of ether oxygens (including phenoxy) is 1. The Morgan fingerprint density at radius 3 is 1.61 bits per heavy atom. The van der Waals surface area contributed by atoms with E-state index in [9.17, 15) is 0 Å². The van der Waals surface area contributed by atoms with Gasteiger partial charge in [0.1, 0.15) is 5.82 Å². The van der Waals surface area contributed by atoms with E-state index in [1.807, 2.05) is 18.3 Å². The van der Waals surface area contributed by atoms with Crippen LogP contribution in [-0.2, 0) is 31.9 Å². The van der Waals surface area contributed by atoms with Crippen molar-refractivity contribution in [2.24, 2.45) is 0 Å². The Morgan fingerprint density at radius 1 is 0.480 bits per heavy atom. The number of aryl methyl sites for hydroxylation is 1. The fourth-order valence-electron chi connectivity index (χ4n) is 10.5. The van der Waals surface area contributed by atoms with E-state index in [0.29, 0.717) is 11.5 Å². The normalized spacial score (nSPS) is 12.5. The molecule has 3 heterocycles. The number of nitrogens with zero attached hydrogens (tertiary/aromatic N) is 4. The summed E-state index contributed by atoms with van der Waals surface area (Å²) in [5.74, 6) is 1.97. The van der Waals surface area contributed by atoms with Gasteiger partial charge in [-0.15, -0.1) is 48.3 Å². The Balaban J connectivity index is 0.00000602. The number of pyridine rings is 1. The molecule has 0 N–H and O–H groups in total. The van der Waals surface area contributed by atoms with Crippen molar-refractivity contribution in [2.75, 3.05) is 9.80 Å². The van der Waals surface area contributed by atoms with Crippen LogP contribution in [0.1, 0.15) is 58.2 Å². The first-order valence-electron chi connectivity index (χ1n) is 25.5. The van der Waals surface area contributed by atoms with Gasteiger partial charge in [-0.1, -0.05) is 210 Å². The van der Waals surface area contributed by atoms with E-state index in [-0.39, 0.29) is 31.9 Å². The molecule has 1 aliphatic rings. The van der Waals surface area contributed by atoms with E-state index >= 15 is 0 Å². The van der Waals surface area contributed by atoms with Gasteiger partial charge in [0.2, 0.25) is 0 Å². The minimum Gasteiger partial charge on any atom is -0.509 e. The van der Waals surface area contributed by atoms with Crippen LogP contribution in [0, 0.1) is 25.7 Å². The van der Waals surface area contributed by atoms with E-state index in [1.165, 1.54) is 11.1 Å². The summed E-state index contributed by atoms with van der Waals surface area (Å²) in [4.78, 5) is 9.75. The largest absolute Gasteiger partial charge is 0.509 e. The fraction of sp³-hybridized carbons (Fsp3) is 0.130. The molecule has 6 heteroatoms. The van der Waals surface area contributed by atoms with Crippen molar-refractivity contribution < 1.29 is 25.8 Å². The van der Waals surface area contributed by atoms with E-state index in [0.717, 1.165) is 100 Å².